The lowest BCUT2D eigenvalue weighted by atomic mass is 9.85. The van der Waals surface area contributed by atoms with Gasteiger partial charge < -0.3 is 10.4 Å². The highest BCUT2D eigenvalue weighted by Crippen LogP contribution is 2.45. The minimum Gasteiger partial charge on any atom is -0.394 e. The van der Waals surface area contributed by atoms with Gasteiger partial charge in [-0.3, -0.25) is 0 Å². The first-order valence-corrected chi connectivity index (χ1v) is 7.08. The van der Waals surface area contributed by atoms with Crippen LogP contribution in [-0.4, -0.2) is 18.3 Å². The molecule has 0 amide bonds. The molecule has 100 valence electrons. The van der Waals surface area contributed by atoms with Gasteiger partial charge >= 0.3 is 0 Å². The molecule has 0 spiro atoms. The molecule has 18 heavy (non-hydrogen) atoms. The van der Waals surface area contributed by atoms with Gasteiger partial charge in [-0.15, -0.1) is 0 Å². The summed E-state index contributed by atoms with van der Waals surface area (Å²) in [6.07, 6.45) is 2.38. The first-order chi connectivity index (χ1) is 8.58. The topological polar surface area (TPSA) is 32.3 Å². The SMILES string of the molecule is CC(C)CNC(CO)(c1ccc(Cl)cc1)C1CC1. The molecule has 0 saturated heterocycles. The predicted molar refractivity (Wildman–Crippen MR) is 75.8 cm³/mol. The summed E-state index contributed by atoms with van der Waals surface area (Å²) in [7, 11) is 0. The quantitative estimate of drug-likeness (QED) is 0.830. The molecule has 0 aromatic heterocycles. The Morgan fingerprint density at radius 2 is 1.94 bits per heavy atom. The molecular formula is C15H22ClNO. The van der Waals surface area contributed by atoms with Crippen LogP contribution in [0.3, 0.4) is 0 Å². The van der Waals surface area contributed by atoms with E-state index in [2.05, 4.69) is 19.2 Å². The largest absolute Gasteiger partial charge is 0.394 e. The molecule has 1 aliphatic carbocycles. The van der Waals surface area contributed by atoms with Crippen LogP contribution in [0.15, 0.2) is 24.3 Å². The second-order valence-corrected chi connectivity index (χ2v) is 6.12. The monoisotopic (exact) mass is 267 g/mol. The first-order valence-electron chi connectivity index (χ1n) is 6.70. The van der Waals surface area contributed by atoms with E-state index in [4.69, 9.17) is 11.6 Å². The van der Waals surface area contributed by atoms with Crippen LogP contribution in [0.4, 0.5) is 0 Å². The first kappa shape index (κ1) is 13.9. The van der Waals surface area contributed by atoms with Gasteiger partial charge in [0.05, 0.1) is 12.1 Å². The van der Waals surface area contributed by atoms with Crippen LogP contribution in [0.25, 0.3) is 0 Å². The fourth-order valence-electron chi connectivity index (χ4n) is 2.47. The Labute approximate surface area is 114 Å². The van der Waals surface area contributed by atoms with Crippen LogP contribution in [0, 0.1) is 11.8 Å². The zero-order valence-corrected chi connectivity index (χ0v) is 11.9. The molecule has 1 aromatic carbocycles. The number of benzene rings is 1. The van der Waals surface area contributed by atoms with E-state index in [1.165, 1.54) is 12.8 Å². The lowest BCUT2D eigenvalue weighted by Crippen LogP contribution is -2.49. The molecule has 2 rings (SSSR count). The second kappa shape index (κ2) is 5.60. The number of aliphatic hydroxyl groups is 1. The van der Waals surface area contributed by atoms with E-state index in [0.717, 1.165) is 17.1 Å². The summed E-state index contributed by atoms with van der Waals surface area (Å²) in [6.45, 7) is 5.43. The van der Waals surface area contributed by atoms with E-state index >= 15 is 0 Å². The van der Waals surface area contributed by atoms with Crippen molar-refractivity contribution >= 4 is 11.6 Å². The van der Waals surface area contributed by atoms with Gasteiger partial charge in [-0.25, -0.2) is 0 Å². The van der Waals surface area contributed by atoms with Crippen molar-refractivity contribution in [1.29, 1.82) is 0 Å². The number of hydrogen-bond donors (Lipinski definition) is 2. The summed E-state index contributed by atoms with van der Waals surface area (Å²) < 4.78 is 0. The smallest absolute Gasteiger partial charge is 0.0697 e. The van der Waals surface area contributed by atoms with Crippen LogP contribution in [0.2, 0.25) is 5.02 Å². The summed E-state index contributed by atoms with van der Waals surface area (Å²) in [6, 6.07) is 7.87. The van der Waals surface area contributed by atoms with E-state index < -0.39 is 0 Å². The maximum atomic E-state index is 9.93. The highest BCUT2D eigenvalue weighted by atomic mass is 35.5. The van der Waals surface area contributed by atoms with E-state index in [1.54, 1.807) is 0 Å². The Morgan fingerprint density at radius 3 is 2.39 bits per heavy atom. The van der Waals surface area contributed by atoms with Gasteiger partial charge in [-0.2, -0.15) is 0 Å². The minimum absolute atomic E-state index is 0.145. The Morgan fingerprint density at radius 1 is 1.33 bits per heavy atom. The van der Waals surface area contributed by atoms with Crippen LogP contribution < -0.4 is 5.32 Å². The molecule has 0 heterocycles. The van der Waals surface area contributed by atoms with Gasteiger partial charge in [0.15, 0.2) is 0 Å². The lowest BCUT2D eigenvalue weighted by Gasteiger charge is -2.35. The highest BCUT2D eigenvalue weighted by molar-refractivity contribution is 6.30. The maximum absolute atomic E-state index is 9.93. The van der Waals surface area contributed by atoms with E-state index in [9.17, 15) is 5.11 Å². The molecule has 2 nitrogen and oxygen atoms in total. The molecule has 1 atom stereocenters. The number of aliphatic hydroxyl groups excluding tert-OH is 1. The molecule has 1 aliphatic rings. The number of nitrogens with one attached hydrogen (secondary N) is 1. The van der Waals surface area contributed by atoms with Crippen LogP contribution in [0.1, 0.15) is 32.3 Å². The standard InChI is InChI=1S/C15H22ClNO/c1-11(2)9-17-15(10-18,12-3-4-12)13-5-7-14(16)8-6-13/h5-8,11-12,17-18H,3-4,9-10H2,1-2H3. The third-order valence-electron chi connectivity index (χ3n) is 3.71. The zero-order valence-electron chi connectivity index (χ0n) is 11.1. The Kier molecular flexibility index (Phi) is 4.31. The van der Waals surface area contributed by atoms with Crippen molar-refractivity contribution in [2.24, 2.45) is 11.8 Å². The average molecular weight is 268 g/mol. The zero-order chi connectivity index (χ0) is 13.2. The molecule has 0 radical (unpaired) electrons. The number of halogens is 1. The average Bonchev–Trinajstić information content (AvgIpc) is 3.17. The molecule has 0 aliphatic heterocycles. The van der Waals surface area contributed by atoms with Gasteiger partial charge in [-0.05, 0) is 48.9 Å². The van der Waals surface area contributed by atoms with Crippen LogP contribution in [0.5, 0.6) is 0 Å². The normalized spacial score (nSPS) is 18.9. The van der Waals surface area contributed by atoms with Crippen molar-refractivity contribution < 1.29 is 5.11 Å². The van der Waals surface area contributed by atoms with Gasteiger partial charge in [0.1, 0.15) is 0 Å². The molecule has 1 unspecified atom stereocenters. The number of rotatable bonds is 6. The van der Waals surface area contributed by atoms with Gasteiger partial charge in [0.25, 0.3) is 0 Å². The molecule has 1 saturated carbocycles. The van der Waals surface area contributed by atoms with E-state index in [0.29, 0.717) is 11.8 Å². The molecule has 1 aromatic rings. The number of hydrogen-bond acceptors (Lipinski definition) is 2. The van der Waals surface area contributed by atoms with Crippen molar-refractivity contribution in [3.63, 3.8) is 0 Å². The Bertz CT molecular complexity index is 386. The fourth-order valence-corrected chi connectivity index (χ4v) is 2.59. The predicted octanol–water partition coefficient (Wildman–Crippen LogP) is 3.18. The third kappa shape index (κ3) is 2.87. The molecule has 0 bridgehead atoms. The summed E-state index contributed by atoms with van der Waals surface area (Å²) in [5.74, 6) is 1.12. The van der Waals surface area contributed by atoms with Crippen molar-refractivity contribution in [2.45, 2.75) is 32.2 Å². The summed E-state index contributed by atoms with van der Waals surface area (Å²) in [5, 5.41) is 14.3. The van der Waals surface area contributed by atoms with Crippen molar-refractivity contribution in [3.05, 3.63) is 34.9 Å². The molecule has 3 heteroatoms. The Balaban J connectivity index is 2.25. The van der Waals surface area contributed by atoms with Crippen molar-refractivity contribution in [2.75, 3.05) is 13.2 Å². The van der Waals surface area contributed by atoms with Crippen molar-refractivity contribution in [1.82, 2.24) is 5.32 Å². The molecule has 2 N–H and O–H groups in total. The van der Waals surface area contributed by atoms with Gasteiger partial charge in [-0.1, -0.05) is 37.6 Å². The third-order valence-corrected chi connectivity index (χ3v) is 3.96. The van der Waals surface area contributed by atoms with E-state index in [1.807, 2.05) is 24.3 Å². The molecule has 1 fully saturated rings. The lowest BCUT2D eigenvalue weighted by molar-refractivity contribution is 0.135. The Hall–Kier alpha value is -0.570. The molecular weight excluding hydrogens is 246 g/mol. The second-order valence-electron chi connectivity index (χ2n) is 5.69. The van der Waals surface area contributed by atoms with E-state index in [-0.39, 0.29) is 12.1 Å². The fraction of sp³-hybridized carbons (Fsp3) is 0.600. The van der Waals surface area contributed by atoms with Crippen molar-refractivity contribution in [3.8, 4) is 0 Å². The maximum Gasteiger partial charge on any atom is 0.0697 e. The van der Waals surface area contributed by atoms with Crippen LogP contribution in [-0.2, 0) is 5.54 Å². The van der Waals surface area contributed by atoms with Gasteiger partial charge in [0, 0.05) is 5.02 Å². The summed E-state index contributed by atoms with van der Waals surface area (Å²) >= 11 is 5.94. The minimum atomic E-state index is -0.283. The summed E-state index contributed by atoms with van der Waals surface area (Å²) in [5.41, 5.74) is 0.868. The van der Waals surface area contributed by atoms with Crippen LogP contribution >= 0.6 is 11.6 Å². The highest BCUT2D eigenvalue weighted by Gasteiger charge is 2.45. The summed E-state index contributed by atoms with van der Waals surface area (Å²) in [4.78, 5) is 0. The van der Waals surface area contributed by atoms with Gasteiger partial charge in [0.2, 0.25) is 0 Å².